The molecule has 0 aromatic carbocycles. The van der Waals surface area contributed by atoms with Gasteiger partial charge < -0.3 is 5.11 Å². The van der Waals surface area contributed by atoms with E-state index in [0.717, 1.165) is 12.8 Å². The molecule has 0 aliphatic carbocycles. The summed E-state index contributed by atoms with van der Waals surface area (Å²) in [5.41, 5.74) is 1.46. The number of rotatable bonds is 26. The minimum absolute atomic E-state index is 0.345. The third-order valence-corrected chi connectivity index (χ3v) is 6.65. The molecule has 190 valence electrons. The third kappa shape index (κ3) is 29.2. The minimum atomic E-state index is -0.650. The third-order valence-electron chi connectivity index (χ3n) is 6.65. The van der Waals surface area contributed by atoms with E-state index in [1.165, 1.54) is 147 Å². The number of allylic oxidation sites excluding steroid dienone is 2. The standard InChI is InChI=1S/C30H58O2/c1-29(2)27-25-23-21-19-17-15-13-11-9-7-5-3-4-6-8-10-12-14-16-18-20-22-24-26-28-30(31)32/h27H,3-26,28H2,1-2H3,(H,31,32). The van der Waals surface area contributed by atoms with Gasteiger partial charge in [-0.15, -0.1) is 0 Å². The Morgan fingerprint density at radius 1 is 0.469 bits per heavy atom. The summed E-state index contributed by atoms with van der Waals surface area (Å²) in [6, 6.07) is 0. The van der Waals surface area contributed by atoms with Crippen LogP contribution < -0.4 is 0 Å². The van der Waals surface area contributed by atoms with E-state index in [-0.39, 0.29) is 0 Å². The molecule has 0 saturated heterocycles. The Morgan fingerprint density at radius 3 is 0.969 bits per heavy atom. The summed E-state index contributed by atoms with van der Waals surface area (Å²) in [5.74, 6) is -0.650. The van der Waals surface area contributed by atoms with E-state index in [0.29, 0.717) is 6.42 Å². The van der Waals surface area contributed by atoms with E-state index < -0.39 is 5.97 Å². The van der Waals surface area contributed by atoms with Crippen molar-refractivity contribution in [2.45, 2.75) is 174 Å². The Hall–Kier alpha value is -0.790. The number of carboxylic acid groups (broad SMARTS) is 1. The number of hydrogen-bond donors (Lipinski definition) is 1. The highest BCUT2D eigenvalue weighted by Crippen LogP contribution is 2.16. The molecule has 0 fully saturated rings. The molecule has 2 heteroatoms. The molecule has 0 atom stereocenters. The zero-order valence-corrected chi connectivity index (χ0v) is 22.1. The minimum Gasteiger partial charge on any atom is -0.481 e. The highest BCUT2D eigenvalue weighted by Gasteiger charge is 1.97. The molecule has 0 radical (unpaired) electrons. The van der Waals surface area contributed by atoms with Crippen LogP contribution in [-0.4, -0.2) is 11.1 Å². The molecule has 0 rings (SSSR count). The molecule has 0 amide bonds. The predicted octanol–water partition coefficient (Wildman–Crippen LogP) is 10.8. The first kappa shape index (κ1) is 31.2. The van der Waals surface area contributed by atoms with Gasteiger partial charge >= 0.3 is 5.97 Å². The van der Waals surface area contributed by atoms with E-state index in [1.54, 1.807) is 0 Å². The number of aliphatic carboxylic acids is 1. The Labute approximate surface area is 202 Å². The van der Waals surface area contributed by atoms with Crippen LogP contribution in [0.1, 0.15) is 174 Å². The van der Waals surface area contributed by atoms with Crippen LogP contribution in [0, 0.1) is 0 Å². The Bertz CT molecular complexity index is 409. The van der Waals surface area contributed by atoms with Crippen LogP contribution in [0.2, 0.25) is 0 Å². The van der Waals surface area contributed by atoms with Crippen molar-refractivity contribution in [1.29, 1.82) is 0 Å². The van der Waals surface area contributed by atoms with Crippen LogP contribution in [0.15, 0.2) is 11.6 Å². The van der Waals surface area contributed by atoms with Crippen molar-refractivity contribution in [3.05, 3.63) is 11.6 Å². The average Bonchev–Trinajstić information content (AvgIpc) is 2.75. The monoisotopic (exact) mass is 450 g/mol. The Morgan fingerprint density at radius 2 is 0.719 bits per heavy atom. The quantitative estimate of drug-likeness (QED) is 0.105. The second kappa shape index (κ2) is 26.5. The molecule has 0 aromatic rings. The lowest BCUT2D eigenvalue weighted by Crippen LogP contribution is -1.93. The molecule has 0 aromatic heterocycles. The Kier molecular flexibility index (Phi) is 25.8. The summed E-state index contributed by atoms with van der Waals surface area (Å²) in [6.45, 7) is 4.40. The zero-order valence-electron chi connectivity index (χ0n) is 22.1. The number of unbranched alkanes of at least 4 members (excludes halogenated alkanes) is 23. The first-order valence-electron chi connectivity index (χ1n) is 14.5. The molecule has 32 heavy (non-hydrogen) atoms. The second-order valence-corrected chi connectivity index (χ2v) is 10.3. The molecule has 2 nitrogen and oxygen atoms in total. The lowest BCUT2D eigenvalue weighted by atomic mass is 10.0. The number of hydrogen-bond acceptors (Lipinski definition) is 1. The molecule has 0 aliphatic rings. The lowest BCUT2D eigenvalue weighted by Gasteiger charge is -2.04. The smallest absolute Gasteiger partial charge is 0.303 e. The average molecular weight is 451 g/mol. The van der Waals surface area contributed by atoms with Crippen LogP contribution in [0.4, 0.5) is 0 Å². The maximum absolute atomic E-state index is 10.4. The number of carbonyl (C=O) groups is 1. The molecule has 0 bridgehead atoms. The fraction of sp³-hybridized carbons (Fsp3) is 0.900. The molecular weight excluding hydrogens is 392 g/mol. The van der Waals surface area contributed by atoms with Crippen molar-refractivity contribution >= 4 is 5.97 Å². The van der Waals surface area contributed by atoms with Gasteiger partial charge in [-0.2, -0.15) is 0 Å². The van der Waals surface area contributed by atoms with Gasteiger partial charge in [-0.3, -0.25) is 4.79 Å². The SMILES string of the molecule is CC(C)=CCCCCCCCCCCCCCCCCCCCCCCCCCC(=O)O. The van der Waals surface area contributed by atoms with E-state index >= 15 is 0 Å². The molecule has 0 spiro atoms. The van der Waals surface area contributed by atoms with Gasteiger partial charge in [0.2, 0.25) is 0 Å². The zero-order chi connectivity index (χ0) is 23.5. The summed E-state index contributed by atoms with van der Waals surface area (Å²) in [6.07, 6.45) is 35.6. The molecule has 0 unspecified atom stereocenters. The van der Waals surface area contributed by atoms with Crippen molar-refractivity contribution in [1.82, 2.24) is 0 Å². The lowest BCUT2D eigenvalue weighted by molar-refractivity contribution is -0.137. The van der Waals surface area contributed by atoms with Gasteiger partial charge in [-0.25, -0.2) is 0 Å². The van der Waals surface area contributed by atoms with Crippen molar-refractivity contribution in [3.8, 4) is 0 Å². The first-order chi connectivity index (χ1) is 15.6. The molecule has 0 saturated carbocycles. The maximum atomic E-state index is 10.4. The summed E-state index contributed by atoms with van der Waals surface area (Å²) >= 11 is 0. The van der Waals surface area contributed by atoms with E-state index in [1.807, 2.05) is 0 Å². The van der Waals surface area contributed by atoms with Crippen molar-refractivity contribution in [2.75, 3.05) is 0 Å². The molecule has 0 heterocycles. The van der Waals surface area contributed by atoms with Gasteiger partial charge in [0.1, 0.15) is 0 Å². The highest BCUT2D eigenvalue weighted by molar-refractivity contribution is 5.66. The fourth-order valence-corrected chi connectivity index (χ4v) is 4.52. The van der Waals surface area contributed by atoms with Gasteiger partial charge in [0, 0.05) is 6.42 Å². The molecule has 0 aliphatic heterocycles. The van der Waals surface area contributed by atoms with Gasteiger partial charge in [0.15, 0.2) is 0 Å². The fourth-order valence-electron chi connectivity index (χ4n) is 4.52. The van der Waals surface area contributed by atoms with Gasteiger partial charge in [0.05, 0.1) is 0 Å². The van der Waals surface area contributed by atoms with Crippen molar-refractivity contribution in [3.63, 3.8) is 0 Å². The predicted molar refractivity (Wildman–Crippen MR) is 142 cm³/mol. The van der Waals surface area contributed by atoms with E-state index in [9.17, 15) is 4.79 Å². The van der Waals surface area contributed by atoms with E-state index in [2.05, 4.69) is 19.9 Å². The molecular formula is C30H58O2. The highest BCUT2D eigenvalue weighted by atomic mass is 16.4. The molecule has 1 N–H and O–H groups in total. The van der Waals surface area contributed by atoms with E-state index in [4.69, 9.17) is 5.11 Å². The van der Waals surface area contributed by atoms with Gasteiger partial charge in [-0.1, -0.05) is 146 Å². The van der Waals surface area contributed by atoms with Crippen LogP contribution in [0.25, 0.3) is 0 Å². The maximum Gasteiger partial charge on any atom is 0.303 e. The van der Waals surface area contributed by atoms with Gasteiger partial charge in [-0.05, 0) is 33.1 Å². The van der Waals surface area contributed by atoms with Crippen LogP contribution in [0.3, 0.4) is 0 Å². The second-order valence-electron chi connectivity index (χ2n) is 10.3. The number of carboxylic acids is 1. The van der Waals surface area contributed by atoms with Crippen LogP contribution in [-0.2, 0) is 4.79 Å². The van der Waals surface area contributed by atoms with Crippen LogP contribution >= 0.6 is 0 Å². The van der Waals surface area contributed by atoms with Gasteiger partial charge in [0.25, 0.3) is 0 Å². The largest absolute Gasteiger partial charge is 0.481 e. The van der Waals surface area contributed by atoms with Crippen LogP contribution in [0.5, 0.6) is 0 Å². The topological polar surface area (TPSA) is 37.3 Å². The summed E-state index contributed by atoms with van der Waals surface area (Å²) in [7, 11) is 0. The summed E-state index contributed by atoms with van der Waals surface area (Å²) in [4.78, 5) is 10.4. The Balaban J connectivity index is 3.04. The summed E-state index contributed by atoms with van der Waals surface area (Å²) in [5, 5.41) is 8.60. The van der Waals surface area contributed by atoms with Crippen molar-refractivity contribution in [2.24, 2.45) is 0 Å². The first-order valence-corrected chi connectivity index (χ1v) is 14.5. The van der Waals surface area contributed by atoms with Crippen molar-refractivity contribution < 1.29 is 9.90 Å². The normalized spacial score (nSPS) is 11.1. The summed E-state index contributed by atoms with van der Waals surface area (Å²) < 4.78 is 0.